The zero-order valence-electron chi connectivity index (χ0n) is 9.37. The zero-order valence-corrected chi connectivity index (χ0v) is 10.1. The fourth-order valence-corrected chi connectivity index (χ4v) is 1.86. The Labute approximate surface area is 101 Å². The van der Waals surface area contributed by atoms with Gasteiger partial charge in [-0.2, -0.15) is 0 Å². The number of ether oxygens (including phenoxy) is 1. The number of rotatable bonds is 3. The van der Waals surface area contributed by atoms with Crippen LogP contribution in [0.2, 0.25) is 0 Å². The summed E-state index contributed by atoms with van der Waals surface area (Å²) in [5.41, 5.74) is 2.46. The fourth-order valence-electron chi connectivity index (χ4n) is 1.67. The molecular weight excluding hydrogens is 220 g/mol. The largest absolute Gasteiger partial charge is 0.489 e. The molecule has 0 aliphatic heterocycles. The Morgan fingerprint density at radius 1 is 1.19 bits per heavy atom. The lowest BCUT2D eigenvalue weighted by molar-refractivity contribution is 0.205. The lowest BCUT2D eigenvalue weighted by Crippen LogP contribution is -1.99. The van der Waals surface area contributed by atoms with Crippen LogP contribution in [-0.4, -0.2) is 0 Å². The van der Waals surface area contributed by atoms with Crippen molar-refractivity contribution < 1.29 is 4.74 Å². The molecule has 2 rings (SSSR count). The second-order valence-electron chi connectivity index (χ2n) is 4.01. The van der Waals surface area contributed by atoms with E-state index in [1.807, 2.05) is 24.3 Å². The first-order valence-corrected chi connectivity index (χ1v) is 5.86. The standard InChI is InChI=1S/C14H15ClO/c1-11-7-8-13(15)9-14(11)16-10-12-5-3-2-4-6-12/h2-6,9H,7-8,10H2,1H3. The molecule has 0 spiro atoms. The Bertz CT molecular complexity index is 418. The summed E-state index contributed by atoms with van der Waals surface area (Å²) in [6, 6.07) is 10.2. The third-order valence-electron chi connectivity index (χ3n) is 2.68. The van der Waals surface area contributed by atoms with Crippen LogP contribution in [0.3, 0.4) is 0 Å². The van der Waals surface area contributed by atoms with Gasteiger partial charge < -0.3 is 4.74 Å². The highest BCUT2D eigenvalue weighted by molar-refractivity contribution is 6.29. The predicted octanol–water partition coefficient (Wildman–Crippen LogP) is 4.39. The summed E-state index contributed by atoms with van der Waals surface area (Å²) in [6.45, 7) is 2.70. The van der Waals surface area contributed by atoms with E-state index in [-0.39, 0.29) is 0 Å². The van der Waals surface area contributed by atoms with Gasteiger partial charge in [0, 0.05) is 5.03 Å². The summed E-state index contributed by atoms with van der Waals surface area (Å²) in [5.74, 6) is 0.931. The SMILES string of the molecule is CC1=C(OCc2ccccc2)C=C(Cl)CC1. The normalized spacial score (nSPS) is 16.0. The van der Waals surface area contributed by atoms with Crippen molar-refractivity contribution in [3.05, 3.63) is 58.3 Å². The molecule has 84 valence electrons. The van der Waals surface area contributed by atoms with Gasteiger partial charge >= 0.3 is 0 Å². The maximum Gasteiger partial charge on any atom is 0.119 e. The van der Waals surface area contributed by atoms with Gasteiger partial charge in [0.2, 0.25) is 0 Å². The maximum atomic E-state index is 6.01. The third-order valence-corrected chi connectivity index (χ3v) is 2.98. The molecule has 0 atom stereocenters. The van der Waals surface area contributed by atoms with E-state index in [2.05, 4.69) is 19.1 Å². The van der Waals surface area contributed by atoms with Gasteiger partial charge in [-0.3, -0.25) is 0 Å². The van der Waals surface area contributed by atoms with Crippen LogP contribution >= 0.6 is 11.6 Å². The molecule has 1 aromatic rings. The average molecular weight is 235 g/mol. The van der Waals surface area contributed by atoms with Gasteiger partial charge in [-0.05, 0) is 37.0 Å². The van der Waals surface area contributed by atoms with E-state index in [1.165, 1.54) is 11.1 Å². The molecule has 1 aromatic carbocycles. The number of allylic oxidation sites excluding steroid dienone is 3. The van der Waals surface area contributed by atoms with Crippen molar-refractivity contribution in [1.29, 1.82) is 0 Å². The highest BCUT2D eigenvalue weighted by atomic mass is 35.5. The first kappa shape index (κ1) is 11.3. The van der Waals surface area contributed by atoms with E-state index in [9.17, 15) is 0 Å². The molecule has 0 radical (unpaired) electrons. The molecule has 0 fully saturated rings. The van der Waals surface area contributed by atoms with Crippen LogP contribution in [-0.2, 0) is 11.3 Å². The average Bonchev–Trinajstić information content (AvgIpc) is 2.32. The summed E-state index contributed by atoms with van der Waals surface area (Å²) in [7, 11) is 0. The minimum absolute atomic E-state index is 0.605. The van der Waals surface area contributed by atoms with Crippen molar-refractivity contribution in [3.8, 4) is 0 Å². The molecule has 0 amide bonds. The molecule has 0 N–H and O–H groups in total. The second kappa shape index (κ2) is 5.22. The van der Waals surface area contributed by atoms with Gasteiger partial charge in [-0.15, -0.1) is 0 Å². The Morgan fingerprint density at radius 2 is 1.94 bits per heavy atom. The van der Waals surface area contributed by atoms with Crippen molar-refractivity contribution >= 4 is 11.6 Å². The molecule has 2 heteroatoms. The topological polar surface area (TPSA) is 9.23 Å². The summed E-state index contributed by atoms with van der Waals surface area (Å²) < 4.78 is 5.77. The molecule has 1 aliphatic rings. The first-order chi connectivity index (χ1) is 7.75. The van der Waals surface area contributed by atoms with Crippen molar-refractivity contribution in [3.63, 3.8) is 0 Å². The van der Waals surface area contributed by atoms with E-state index in [4.69, 9.17) is 16.3 Å². The summed E-state index contributed by atoms with van der Waals surface area (Å²) >= 11 is 6.01. The maximum absolute atomic E-state index is 6.01. The van der Waals surface area contributed by atoms with Gasteiger partial charge in [0.05, 0.1) is 0 Å². The highest BCUT2D eigenvalue weighted by Gasteiger charge is 2.09. The molecule has 0 aromatic heterocycles. The van der Waals surface area contributed by atoms with E-state index in [0.29, 0.717) is 6.61 Å². The smallest absolute Gasteiger partial charge is 0.119 e. The fraction of sp³-hybridized carbons (Fsp3) is 0.286. The Kier molecular flexibility index (Phi) is 3.68. The Morgan fingerprint density at radius 3 is 2.69 bits per heavy atom. The Hall–Kier alpha value is -1.21. The van der Waals surface area contributed by atoms with Crippen LogP contribution in [0, 0.1) is 0 Å². The molecular formula is C14H15ClO. The van der Waals surface area contributed by atoms with Crippen LogP contribution in [0.4, 0.5) is 0 Å². The van der Waals surface area contributed by atoms with E-state index in [0.717, 1.165) is 23.6 Å². The van der Waals surface area contributed by atoms with Gasteiger partial charge in [0.15, 0.2) is 0 Å². The number of halogens is 1. The highest BCUT2D eigenvalue weighted by Crippen LogP contribution is 2.26. The summed E-state index contributed by atoms with van der Waals surface area (Å²) in [4.78, 5) is 0. The Balaban J connectivity index is 2.01. The summed E-state index contributed by atoms with van der Waals surface area (Å²) in [5, 5.41) is 0.883. The van der Waals surface area contributed by atoms with Crippen molar-refractivity contribution in [2.24, 2.45) is 0 Å². The van der Waals surface area contributed by atoms with Gasteiger partial charge in [-0.25, -0.2) is 0 Å². The van der Waals surface area contributed by atoms with Crippen LogP contribution < -0.4 is 0 Å². The van der Waals surface area contributed by atoms with Crippen molar-refractivity contribution in [2.45, 2.75) is 26.4 Å². The molecule has 0 saturated carbocycles. The number of hydrogen-bond donors (Lipinski definition) is 0. The van der Waals surface area contributed by atoms with Gasteiger partial charge in [0.25, 0.3) is 0 Å². The second-order valence-corrected chi connectivity index (χ2v) is 4.50. The van der Waals surface area contributed by atoms with Crippen molar-refractivity contribution in [2.75, 3.05) is 0 Å². The van der Waals surface area contributed by atoms with Crippen LogP contribution in [0.15, 0.2) is 52.8 Å². The molecule has 0 heterocycles. The first-order valence-electron chi connectivity index (χ1n) is 5.48. The van der Waals surface area contributed by atoms with Gasteiger partial charge in [-0.1, -0.05) is 41.9 Å². The minimum atomic E-state index is 0.605. The number of hydrogen-bond acceptors (Lipinski definition) is 1. The summed E-state index contributed by atoms with van der Waals surface area (Å²) in [6.07, 6.45) is 3.87. The van der Waals surface area contributed by atoms with Gasteiger partial charge in [0.1, 0.15) is 12.4 Å². The molecule has 0 saturated heterocycles. The van der Waals surface area contributed by atoms with Crippen molar-refractivity contribution in [1.82, 2.24) is 0 Å². The molecule has 1 aliphatic carbocycles. The number of benzene rings is 1. The monoisotopic (exact) mass is 234 g/mol. The molecule has 1 nitrogen and oxygen atoms in total. The minimum Gasteiger partial charge on any atom is -0.489 e. The third kappa shape index (κ3) is 2.89. The van der Waals surface area contributed by atoms with E-state index >= 15 is 0 Å². The quantitative estimate of drug-likeness (QED) is 0.754. The zero-order chi connectivity index (χ0) is 11.4. The lowest BCUT2D eigenvalue weighted by atomic mass is 10.1. The van der Waals surface area contributed by atoms with Crippen LogP contribution in [0.5, 0.6) is 0 Å². The molecule has 0 unspecified atom stereocenters. The predicted molar refractivity (Wildman–Crippen MR) is 67.1 cm³/mol. The van der Waals surface area contributed by atoms with Crippen LogP contribution in [0.1, 0.15) is 25.3 Å². The van der Waals surface area contributed by atoms with E-state index in [1.54, 1.807) is 0 Å². The molecule has 0 bridgehead atoms. The van der Waals surface area contributed by atoms with E-state index < -0.39 is 0 Å². The lowest BCUT2D eigenvalue weighted by Gasteiger charge is -2.15. The van der Waals surface area contributed by atoms with Crippen LogP contribution in [0.25, 0.3) is 0 Å². The molecule has 16 heavy (non-hydrogen) atoms.